The highest BCUT2D eigenvalue weighted by Gasteiger charge is 2.30. The van der Waals surface area contributed by atoms with E-state index >= 15 is 0 Å². The van der Waals surface area contributed by atoms with Gasteiger partial charge < -0.3 is 15.3 Å². The molecule has 6 heteroatoms. The van der Waals surface area contributed by atoms with E-state index in [4.69, 9.17) is 5.11 Å². The fraction of sp³-hybridized carbons (Fsp3) is 0.818. The van der Waals surface area contributed by atoms with Gasteiger partial charge in [-0.05, 0) is 20.8 Å². The topological polar surface area (TPSA) is 69.6 Å². The van der Waals surface area contributed by atoms with Crippen molar-refractivity contribution < 1.29 is 14.7 Å². The van der Waals surface area contributed by atoms with Crippen LogP contribution in [0.2, 0.25) is 0 Å². The van der Waals surface area contributed by atoms with Crippen LogP contribution in [0.3, 0.4) is 0 Å². The molecule has 1 atom stereocenters. The van der Waals surface area contributed by atoms with E-state index in [0.29, 0.717) is 0 Å². The molecule has 1 unspecified atom stereocenters. The number of aliphatic carboxylic acids is 1. The summed E-state index contributed by atoms with van der Waals surface area (Å²) in [4.78, 5) is 24.6. The second-order valence-electron chi connectivity index (χ2n) is 4.97. The number of nitrogens with zero attached hydrogens (tertiary/aromatic N) is 1. The van der Waals surface area contributed by atoms with Gasteiger partial charge in [0.05, 0.1) is 5.41 Å². The molecule has 0 aromatic rings. The molecule has 0 spiro atoms. The lowest BCUT2D eigenvalue weighted by Crippen LogP contribution is -2.51. The zero-order valence-electron chi connectivity index (χ0n) is 10.5. The number of rotatable bonds is 3. The number of hydrogen-bond donors (Lipinski definition) is 2. The van der Waals surface area contributed by atoms with Crippen molar-refractivity contribution in [2.45, 2.75) is 26.8 Å². The highest BCUT2D eigenvalue weighted by atomic mass is 32.2. The Kier molecular flexibility index (Phi) is 4.68. The molecular weight excluding hydrogens is 240 g/mol. The molecule has 0 aromatic carbocycles. The summed E-state index contributed by atoms with van der Waals surface area (Å²) >= 11 is 1.84. The minimum Gasteiger partial charge on any atom is -0.481 e. The van der Waals surface area contributed by atoms with Crippen LogP contribution in [-0.2, 0) is 4.79 Å². The smallest absolute Gasteiger partial charge is 0.317 e. The largest absolute Gasteiger partial charge is 0.481 e. The Balaban J connectivity index is 2.46. The van der Waals surface area contributed by atoms with Gasteiger partial charge in [0.15, 0.2) is 0 Å². The van der Waals surface area contributed by atoms with E-state index in [-0.39, 0.29) is 18.6 Å². The van der Waals surface area contributed by atoms with Crippen LogP contribution >= 0.6 is 11.8 Å². The van der Waals surface area contributed by atoms with Gasteiger partial charge in [-0.2, -0.15) is 11.8 Å². The molecule has 1 fully saturated rings. The Labute approximate surface area is 106 Å². The third-order valence-corrected chi connectivity index (χ3v) is 4.08. The standard InChI is InChI=1S/C11H20N2O3S/c1-8-6-17-5-4-13(8)10(16)12-7-11(2,3)9(14)15/h8H,4-7H2,1-3H3,(H,12,16)(H,14,15). The van der Waals surface area contributed by atoms with E-state index in [1.165, 1.54) is 0 Å². The Hall–Kier alpha value is -0.910. The lowest BCUT2D eigenvalue weighted by atomic mass is 9.94. The van der Waals surface area contributed by atoms with Crippen molar-refractivity contribution in [2.75, 3.05) is 24.6 Å². The van der Waals surface area contributed by atoms with Gasteiger partial charge in [0.1, 0.15) is 0 Å². The minimum atomic E-state index is -0.927. The molecule has 0 aromatic heterocycles. The van der Waals surface area contributed by atoms with Crippen molar-refractivity contribution in [3.05, 3.63) is 0 Å². The minimum absolute atomic E-state index is 0.150. The summed E-state index contributed by atoms with van der Waals surface area (Å²) < 4.78 is 0. The van der Waals surface area contributed by atoms with Crippen LogP contribution in [0.25, 0.3) is 0 Å². The van der Waals surface area contributed by atoms with Crippen molar-refractivity contribution >= 4 is 23.8 Å². The van der Waals surface area contributed by atoms with E-state index in [0.717, 1.165) is 18.1 Å². The summed E-state index contributed by atoms with van der Waals surface area (Å²) in [5, 5.41) is 11.6. The maximum atomic E-state index is 11.9. The first-order valence-corrected chi connectivity index (χ1v) is 6.85. The summed E-state index contributed by atoms with van der Waals surface area (Å²) in [6, 6.07) is 0.0498. The molecule has 98 valence electrons. The van der Waals surface area contributed by atoms with Gasteiger partial charge in [-0.15, -0.1) is 0 Å². The maximum Gasteiger partial charge on any atom is 0.317 e. The number of thioether (sulfide) groups is 1. The average Bonchev–Trinajstić information content (AvgIpc) is 2.26. The zero-order chi connectivity index (χ0) is 13.1. The molecule has 1 aliphatic heterocycles. The zero-order valence-corrected chi connectivity index (χ0v) is 11.3. The van der Waals surface area contributed by atoms with Crippen LogP contribution < -0.4 is 5.32 Å². The number of carbonyl (C=O) groups is 2. The fourth-order valence-electron chi connectivity index (χ4n) is 1.50. The number of carbonyl (C=O) groups excluding carboxylic acids is 1. The van der Waals surface area contributed by atoms with Gasteiger partial charge in [0, 0.05) is 30.6 Å². The normalized spacial score (nSPS) is 21.1. The van der Waals surface area contributed by atoms with E-state index < -0.39 is 11.4 Å². The molecule has 2 N–H and O–H groups in total. The molecule has 5 nitrogen and oxygen atoms in total. The van der Waals surface area contributed by atoms with Crippen molar-refractivity contribution in [1.82, 2.24) is 10.2 Å². The first-order valence-electron chi connectivity index (χ1n) is 5.70. The van der Waals surface area contributed by atoms with Crippen molar-refractivity contribution in [3.63, 3.8) is 0 Å². The van der Waals surface area contributed by atoms with E-state index in [9.17, 15) is 9.59 Å². The van der Waals surface area contributed by atoms with Crippen LogP contribution in [0.4, 0.5) is 4.79 Å². The second kappa shape index (κ2) is 5.62. The number of hydrogen-bond acceptors (Lipinski definition) is 3. The second-order valence-corrected chi connectivity index (χ2v) is 6.11. The Morgan fingerprint density at radius 3 is 2.71 bits per heavy atom. The highest BCUT2D eigenvalue weighted by molar-refractivity contribution is 7.99. The molecule has 2 amide bonds. The van der Waals surface area contributed by atoms with E-state index in [1.54, 1.807) is 18.7 Å². The quantitative estimate of drug-likeness (QED) is 0.801. The summed E-state index contributed by atoms with van der Waals surface area (Å²) in [5.41, 5.74) is -0.927. The summed E-state index contributed by atoms with van der Waals surface area (Å²) in [6.45, 7) is 6.09. The van der Waals surface area contributed by atoms with Crippen LogP contribution in [0.5, 0.6) is 0 Å². The Morgan fingerprint density at radius 2 is 2.18 bits per heavy atom. The van der Waals surface area contributed by atoms with Crippen LogP contribution in [-0.4, -0.2) is 52.6 Å². The number of carboxylic acid groups (broad SMARTS) is 1. The van der Waals surface area contributed by atoms with Gasteiger partial charge in [-0.3, -0.25) is 4.79 Å². The predicted octanol–water partition coefficient (Wildman–Crippen LogP) is 1.24. The molecule has 1 rings (SSSR count). The molecule has 0 bridgehead atoms. The van der Waals surface area contributed by atoms with Gasteiger partial charge in [0.25, 0.3) is 0 Å². The first kappa shape index (κ1) is 14.2. The number of nitrogens with one attached hydrogen (secondary N) is 1. The van der Waals surface area contributed by atoms with Crippen molar-refractivity contribution in [2.24, 2.45) is 5.41 Å². The predicted molar refractivity (Wildman–Crippen MR) is 68.3 cm³/mol. The van der Waals surface area contributed by atoms with Gasteiger partial charge in [0.2, 0.25) is 0 Å². The van der Waals surface area contributed by atoms with Crippen LogP contribution in [0.15, 0.2) is 0 Å². The number of amides is 2. The molecular formula is C11H20N2O3S. The van der Waals surface area contributed by atoms with Crippen molar-refractivity contribution in [1.29, 1.82) is 0 Å². The monoisotopic (exact) mass is 260 g/mol. The number of urea groups is 1. The van der Waals surface area contributed by atoms with Gasteiger partial charge in [-0.25, -0.2) is 4.79 Å². The lowest BCUT2D eigenvalue weighted by molar-refractivity contribution is -0.146. The third-order valence-electron chi connectivity index (χ3n) is 2.89. The highest BCUT2D eigenvalue weighted by Crippen LogP contribution is 2.17. The summed E-state index contributed by atoms with van der Waals surface area (Å²) in [5.74, 6) is 0.982. The third kappa shape index (κ3) is 3.80. The molecule has 0 aliphatic carbocycles. The molecule has 0 saturated carbocycles. The van der Waals surface area contributed by atoms with Gasteiger partial charge in [-0.1, -0.05) is 0 Å². The number of carboxylic acids is 1. The molecule has 1 heterocycles. The molecule has 1 aliphatic rings. The molecule has 17 heavy (non-hydrogen) atoms. The van der Waals surface area contributed by atoms with Gasteiger partial charge >= 0.3 is 12.0 Å². The van der Waals surface area contributed by atoms with Crippen LogP contribution in [0.1, 0.15) is 20.8 Å². The molecule has 0 radical (unpaired) electrons. The van der Waals surface area contributed by atoms with E-state index in [2.05, 4.69) is 5.32 Å². The van der Waals surface area contributed by atoms with Crippen molar-refractivity contribution in [3.8, 4) is 0 Å². The summed E-state index contributed by atoms with van der Waals surface area (Å²) in [7, 11) is 0. The maximum absolute atomic E-state index is 11.9. The van der Waals surface area contributed by atoms with Crippen LogP contribution in [0, 0.1) is 5.41 Å². The van der Waals surface area contributed by atoms with E-state index in [1.807, 2.05) is 18.7 Å². The summed E-state index contributed by atoms with van der Waals surface area (Å²) in [6.07, 6.45) is 0. The first-order chi connectivity index (χ1) is 7.84. The Morgan fingerprint density at radius 1 is 1.53 bits per heavy atom. The lowest BCUT2D eigenvalue weighted by Gasteiger charge is -2.33. The Bertz CT molecular complexity index is 307. The fourth-order valence-corrected chi connectivity index (χ4v) is 2.52. The SMILES string of the molecule is CC1CSCCN1C(=O)NCC(C)(C)C(=O)O. The molecule has 1 saturated heterocycles. The average molecular weight is 260 g/mol.